The second-order valence-corrected chi connectivity index (χ2v) is 6.39. The van der Waals surface area contributed by atoms with E-state index in [0.717, 1.165) is 16.6 Å². The molecule has 20 heavy (non-hydrogen) atoms. The van der Waals surface area contributed by atoms with Crippen LogP contribution in [0.5, 0.6) is 0 Å². The highest BCUT2D eigenvalue weighted by Gasteiger charge is 2.20. The standard InChI is InChI=1S/C16H26BrFN2/c1-5-12(6-2)16(20(3)4)11-19-10-13-7-8-14(17)9-15(13)18/h7-9,12,16,19H,5-6,10-11H2,1-4H3. The smallest absolute Gasteiger partial charge is 0.128 e. The Morgan fingerprint density at radius 1 is 1.25 bits per heavy atom. The van der Waals surface area contributed by atoms with Crippen molar-refractivity contribution in [2.24, 2.45) is 5.92 Å². The summed E-state index contributed by atoms with van der Waals surface area (Å²) >= 11 is 3.28. The number of nitrogens with zero attached hydrogens (tertiary/aromatic N) is 1. The zero-order chi connectivity index (χ0) is 15.1. The third-order valence-electron chi connectivity index (χ3n) is 3.94. The SMILES string of the molecule is CCC(CC)C(CNCc1ccc(Br)cc1F)N(C)C. The monoisotopic (exact) mass is 344 g/mol. The van der Waals surface area contributed by atoms with Gasteiger partial charge in [-0.2, -0.15) is 0 Å². The minimum Gasteiger partial charge on any atom is -0.311 e. The number of hydrogen-bond donors (Lipinski definition) is 1. The Balaban J connectivity index is 2.56. The number of nitrogens with one attached hydrogen (secondary N) is 1. The van der Waals surface area contributed by atoms with E-state index < -0.39 is 0 Å². The van der Waals surface area contributed by atoms with Gasteiger partial charge in [0.2, 0.25) is 0 Å². The minimum absolute atomic E-state index is 0.157. The normalized spacial score (nSPS) is 13.2. The summed E-state index contributed by atoms with van der Waals surface area (Å²) in [6.07, 6.45) is 2.35. The highest BCUT2D eigenvalue weighted by atomic mass is 79.9. The maximum absolute atomic E-state index is 13.7. The second kappa shape index (κ2) is 8.75. The van der Waals surface area contributed by atoms with Crippen molar-refractivity contribution < 1.29 is 4.39 Å². The van der Waals surface area contributed by atoms with Gasteiger partial charge in [0.05, 0.1) is 0 Å². The fourth-order valence-corrected chi connectivity index (χ4v) is 2.96. The first-order valence-corrected chi connectivity index (χ1v) is 8.09. The molecular weight excluding hydrogens is 319 g/mol. The molecule has 1 aromatic rings. The van der Waals surface area contributed by atoms with Crippen LogP contribution in [0.2, 0.25) is 0 Å². The molecule has 1 unspecified atom stereocenters. The predicted molar refractivity (Wildman–Crippen MR) is 87.4 cm³/mol. The van der Waals surface area contributed by atoms with Crippen molar-refractivity contribution >= 4 is 15.9 Å². The van der Waals surface area contributed by atoms with Crippen LogP contribution in [0.3, 0.4) is 0 Å². The average Bonchev–Trinajstić information content (AvgIpc) is 2.40. The van der Waals surface area contributed by atoms with Crippen LogP contribution >= 0.6 is 15.9 Å². The van der Waals surface area contributed by atoms with Crippen LogP contribution in [0.4, 0.5) is 4.39 Å². The first-order valence-electron chi connectivity index (χ1n) is 7.30. The molecule has 0 spiro atoms. The van der Waals surface area contributed by atoms with Gasteiger partial charge in [-0.3, -0.25) is 0 Å². The Kier molecular flexibility index (Phi) is 7.70. The lowest BCUT2D eigenvalue weighted by Gasteiger charge is -2.31. The molecule has 0 saturated carbocycles. The number of halogens is 2. The molecule has 0 fully saturated rings. The van der Waals surface area contributed by atoms with Gasteiger partial charge in [0.25, 0.3) is 0 Å². The van der Waals surface area contributed by atoms with Crippen molar-refractivity contribution in [3.05, 3.63) is 34.1 Å². The molecule has 1 atom stereocenters. The molecule has 114 valence electrons. The molecule has 2 nitrogen and oxygen atoms in total. The van der Waals surface area contributed by atoms with Gasteiger partial charge in [-0.1, -0.05) is 48.7 Å². The van der Waals surface area contributed by atoms with Crippen molar-refractivity contribution in [3.63, 3.8) is 0 Å². The largest absolute Gasteiger partial charge is 0.311 e. The maximum Gasteiger partial charge on any atom is 0.128 e. The van der Waals surface area contributed by atoms with Crippen LogP contribution < -0.4 is 5.32 Å². The lowest BCUT2D eigenvalue weighted by Crippen LogP contribution is -2.42. The Labute approximate surface area is 130 Å². The summed E-state index contributed by atoms with van der Waals surface area (Å²) in [6.45, 7) is 5.93. The maximum atomic E-state index is 13.7. The molecule has 4 heteroatoms. The molecule has 0 aliphatic rings. The molecule has 0 aliphatic carbocycles. The fraction of sp³-hybridized carbons (Fsp3) is 0.625. The lowest BCUT2D eigenvalue weighted by atomic mass is 9.93. The van der Waals surface area contributed by atoms with Gasteiger partial charge in [-0.15, -0.1) is 0 Å². The number of likely N-dealkylation sites (N-methyl/N-ethyl adjacent to an activating group) is 1. The number of benzene rings is 1. The number of hydrogen-bond acceptors (Lipinski definition) is 2. The molecule has 1 aromatic carbocycles. The highest BCUT2D eigenvalue weighted by Crippen LogP contribution is 2.17. The summed E-state index contributed by atoms with van der Waals surface area (Å²) in [4.78, 5) is 2.27. The average molecular weight is 345 g/mol. The zero-order valence-corrected chi connectivity index (χ0v) is 14.5. The topological polar surface area (TPSA) is 15.3 Å². The molecule has 0 heterocycles. The second-order valence-electron chi connectivity index (χ2n) is 5.47. The third kappa shape index (κ3) is 5.15. The van der Waals surface area contributed by atoms with Gasteiger partial charge < -0.3 is 10.2 Å². The van der Waals surface area contributed by atoms with Crippen LogP contribution in [-0.4, -0.2) is 31.6 Å². The van der Waals surface area contributed by atoms with E-state index >= 15 is 0 Å². The van der Waals surface area contributed by atoms with Crippen LogP contribution in [0, 0.1) is 11.7 Å². The number of rotatable bonds is 8. The van der Waals surface area contributed by atoms with E-state index in [9.17, 15) is 4.39 Å². The molecule has 0 radical (unpaired) electrons. The van der Waals surface area contributed by atoms with E-state index in [1.807, 2.05) is 12.1 Å². The van der Waals surface area contributed by atoms with Gasteiger partial charge in [0, 0.05) is 29.2 Å². The first-order chi connectivity index (χ1) is 9.49. The van der Waals surface area contributed by atoms with Crippen molar-refractivity contribution in [1.82, 2.24) is 10.2 Å². The van der Waals surface area contributed by atoms with E-state index in [2.05, 4.69) is 54.1 Å². The first kappa shape index (κ1) is 17.6. The molecule has 0 saturated heterocycles. The Morgan fingerprint density at radius 2 is 1.90 bits per heavy atom. The summed E-state index contributed by atoms with van der Waals surface area (Å²) < 4.78 is 14.5. The van der Waals surface area contributed by atoms with Gasteiger partial charge in [-0.05, 0) is 32.1 Å². The summed E-state index contributed by atoms with van der Waals surface area (Å²) in [6, 6.07) is 5.71. The van der Waals surface area contributed by atoms with Gasteiger partial charge >= 0.3 is 0 Å². The fourth-order valence-electron chi connectivity index (χ4n) is 2.62. The van der Waals surface area contributed by atoms with Crippen molar-refractivity contribution in [2.75, 3.05) is 20.6 Å². The molecule has 0 aromatic heterocycles. The van der Waals surface area contributed by atoms with E-state index in [-0.39, 0.29) is 5.82 Å². The predicted octanol–water partition coefficient (Wildman–Crippen LogP) is 4.04. The van der Waals surface area contributed by atoms with Crippen LogP contribution in [0.15, 0.2) is 22.7 Å². The van der Waals surface area contributed by atoms with E-state index in [4.69, 9.17) is 0 Å². The summed E-state index contributed by atoms with van der Waals surface area (Å²) in [5, 5.41) is 3.40. The van der Waals surface area contributed by atoms with Gasteiger partial charge in [0.1, 0.15) is 5.82 Å². The van der Waals surface area contributed by atoms with Crippen molar-refractivity contribution in [1.29, 1.82) is 0 Å². The molecule has 1 N–H and O–H groups in total. The quantitative estimate of drug-likeness (QED) is 0.765. The minimum atomic E-state index is -0.157. The molecule has 1 rings (SSSR count). The lowest BCUT2D eigenvalue weighted by molar-refractivity contribution is 0.193. The van der Waals surface area contributed by atoms with Crippen molar-refractivity contribution in [3.8, 4) is 0 Å². The van der Waals surface area contributed by atoms with Crippen LogP contribution in [0.1, 0.15) is 32.3 Å². The van der Waals surface area contributed by atoms with Crippen LogP contribution in [0.25, 0.3) is 0 Å². The van der Waals surface area contributed by atoms with E-state index in [1.165, 1.54) is 18.9 Å². The Bertz CT molecular complexity index is 405. The third-order valence-corrected chi connectivity index (χ3v) is 4.43. The van der Waals surface area contributed by atoms with Gasteiger partial charge in [-0.25, -0.2) is 4.39 Å². The van der Waals surface area contributed by atoms with E-state index in [1.54, 1.807) is 0 Å². The molecular formula is C16H26BrFN2. The molecule has 0 aliphatic heterocycles. The highest BCUT2D eigenvalue weighted by molar-refractivity contribution is 9.10. The van der Waals surface area contributed by atoms with E-state index in [0.29, 0.717) is 18.5 Å². The van der Waals surface area contributed by atoms with Crippen LogP contribution in [-0.2, 0) is 6.54 Å². The Hall–Kier alpha value is -0.450. The summed E-state index contributed by atoms with van der Waals surface area (Å²) in [7, 11) is 4.23. The van der Waals surface area contributed by atoms with Gasteiger partial charge in [0.15, 0.2) is 0 Å². The molecule has 0 bridgehead atoms. The zero-order valence-electron chi connectivity index (χ0n) is 12.9. The summed E-state index contributed by atoms with van der Waals surface area (Å²) in [5.41, 5.74) is 0.718. The molecule has 0 amide bonds. The summed E-state index contributed by atoms with van der Waals surface area (Å²) in [5.74, 6) is 0.517. The van der Waals surface area contributed by atoms with Crippen molar-refractivity contribution in [2.45, 2.75) is 39.3 Å². The Morgan fingerprint density at radius 3 is 2.40 bits per heavy atom.